The maximum absolute atomic E-state index is 13.6. The lowest BCUT2D eigenvalue weighted by molar-refractivity contribution is -0.384. The van der Waals surface area contributed by atoms with Crippen LogP contribution in [-0.4, -0.2) is 23.4 Å². The van der Waals surface area contributed by atoms with Crippen LogP contribution in [0.3, 0.4) is 0 Å². The first-order chi connectivity index (χ1) is 13.2. The summed E-state index contributed by atoms with van der Waals surface area (Å²) >= 11 is 5.84. The van der Waals surface area contributed by atoms with Gasteiger partial charge in [0, 0.05) is 17.7 Å². The van der Waals surface area contributed by atoms with E-state index in [0.717, 1.165) is 17.7 Å². The van der Waals surface area contributed by atoms with Crippen molar-refractivity contribution >= 4 is 40.9 Å². The third kappa shape index (κ3) is 5.14. The van der Waals surface area contributed by atoms with Gasteiger partial charge in [-0.25, -0.2) is 9.18 Å². The molecule has 2 aromatic carbocycles. The van der Waals surface area contributed by atoms with E-state index in [1.54, 1.807) is 19.9 Å². The fourth-order valence-electron chi connectivity index (χ4n) is 2.29. The zero-order chi connectivity index (χ0) is 20.8. The smallest absolute Gasteiger partial charge is 0.331 e. The quantitative estimate of drug-likeness (QED) is 0.335. The Morgan fingerprint density at radius 3 is 2.64 bits per heavy atom. The molecular formula is C19H16ClFN2O5. The third-order valence-corrected chi connectivity index (χ3v) is 4.24. The SMILES string of the molecule is Cc1ccc([N+](=O)[O-])c(NC(=O)COC(=O)/C=C/c2c(F)cccc2Cl)c1C. The second-order valence-electron chi connectivity index (χ2n) is 5.78. The summed E-state index contributed by atoms with van der Waals surface area (Å²) in [6, 6.07) is 6.92. The van der Waals surface area contributed by atoms with Gasteiger partial charge in [-0.1, -0.05) is 23.7 Å². The number of amides is 1. The Balaban J connectivity index is 2.02. The maximum atomic E-state index is 13.6. The number of aryl methyl sites for hydroxylation is 1. The van der Waals surface area contributed by atoms with E-state index in [-0.39, 0.29) is 22.0 Å². The molecule has 0 saturated heterocycles. The van der Waals surface area contributed by atoms with E-state index in [4.69, 9.17) is 16.3 Å². The van der Waals surface area contributed by atoms with Crippen LogP contribution in [0.15, 0.2) is 36.4 Å². The highest BCUT2D eigenvalue weighted by Crippen LogP contribution is 2.30. The second-order valence-corrected chi connectivity index (χ2v) is 6.19. The Morgan fingerprint density at radius 2 is 2.00 bits per heavy atom. The normalized spacial score (nSPS) is 10.7. The molecule has 9 heteroatoms. The molecule has 0 aliphatic carbocycles. The number of halogens is 2. The number of anilines is 1. The summed E-state index contributed by atoms with van der Waals surface area (Å²) in [5, 5.41) is 13.6. The van der Waals surface area contributed by atoms with Crippen molar-refractivity contribution in [1.82, 2.24) is 0 Å². The molecule has 28 heavy (non-hydrogen) atoms. The number of carbonyl (C=O) groups excluding carboxylic acids is 2. The molecule has 0 heterocycles. The van der Waals surface area contributed by atoms with Crippen LogP contribution in [0.4, 0.5) is 15.8 Å². The molecule has 2 aromatic rings. The standard InChI is InChI=1S/C19H16ClFN2O5/c1-11-6-8-16(23(26)27)19(12(11)2)22-17(24)10-28-18(25)9-7-13-14(20)4-3-5-15(13)21/h3-9H,10H2,1-2H3,(H,22,24)/b9-7+. The fourth-order valence-corrected chi connectivity index (χ4v) is 2.52. The highest BCUT2D eigenvalue weighted by atomic mass is 35.5. The monoisotopic (exact) mass is 406 g/mol. The molecule has 0 unspecified atom stereocenters. The van der Waals surface area contributed by atoms with Crippen molar-refractivity contribution in [2.45, 2.75) is 13.8 Å². The highest BCUT2D eigenvalue weighted by Gasteiger charge is 2.19. The van der Waals surface area contributed by atoms with Crippen LogP contribution in [-0.2, 0) is 14.3 Å². The zero-order valence-corrected chi connectivity index (χ0v) is 15.7. The molecule has 0 bridgehead atoms. The van der Waals surface area contributed by atoms with Crippen molar-refractivity contribution in [1.29, 1.82) is 0 Å². The van der Waals surface area contributed by atoms with E-state index in [1.807, 2.05) is 0 Å². The minimum absolute atomic E-state index is 0.0107. The first-order valence-electron chi connectivity index (χ1n) is 8.04. The molecule has 2 rings (SSSR count). The highest BCUT2D eigenvalue weighted by molar-refractivity contribution is 6.32. The maximum Gasteiger partial charge on any atom is 0.331 e. The number of benzene rings is 2. The Hall–Kier alpha value is -3.26. The minimum Gasteiger partial charge on any atom is -0.452 e. The predicted octanol–water partition coefficient (Wildman–Crippen LogP) is 4.20. The molecule has 1 N–H and O–H groups in total. The molecule has 7 nitrogen and oxygen atoms in total. The molecule has 0 aliphatic heterocycles. The lowest BCUT2D eigenvalue weighted by Crippen LogP contribution is -2.21. The molecule has 0 atom stereocenters. The topological polar surface area (TPSA) is 98.5 Å². The average Bonchev–Trinajstić information content (AvgIpc) is 2.63. The van der Waals surface area contributed by atoms with Gasteiger partial charge in [0.25, 0.3) is 11.6 Å². The summed E-state index contributed by atoms with van der Waals surface area (Å²) in [6.07, 6.45) is 2.06. The lowest BCUT2D eigenvalue weighted by atomic mass is 10.1. The number of nitrogens with one attached hydrogen (secondary N) is 1. The number of carbonyl (C=O) groups is 2. The summed E-state index contributed by atoms with van der Waals surface area (Å²) < 4.78 is 18.4. The second kappa shape index (κ2) is 9.09. The van der Waals surface area contributed by atoms with E-state index in [2.05, 4.69) is 5.32 Å². The van der Waals surface area contributed by atoms with Gasteiger partial charge in [-0.15, -0.1) is 0 Å². The number of hydrogen-bond donors (Lipinski definition) is 1. The number of esters is 1. The zero-order valence-electron chi connectivity index (χ0n) is 15.0. The van der Waals surface area contributed by atoms with Crippen molar-refractivity contribution in [3.8, 4) is 0 Å². The van der Waals surface area contributed by atoms with Crippen LogP contribution >= 0.6 is 11.6 Å². The number of rotatable bonds is 6. The molecule has 0 fully saturated rings. The van der Waals surface area contributed by atoms with Crippen LogP contribution < -0.4 is 5.32 Å². The summed E-state index contributed by atoms with van der Waals surface area (Å²) in [5.41, 5.74) is 1.07. The predicted molar refractivity (Wildman–Crippen MR) is 103 cm³/mol. The molecule has 1 amide bonds. The fraction of sp³-hybridized carbons (Fsp3) is 0.158. The number of ether oxygens (including phenoxy) is 1. The van der Waals surface area contributed by atoms with Gasteiger partial charge in [0.05, 0.1) is 9.95 Å². The van der Waals surface area contributed by atoms with Crippen molar-refractivity contribution in [3.05, 3.63) is 74.1 Å². The van der Waals surface area contributed by atoms with Gasteiger partial charge < -0.3 is 10.1 Å². The Bertz CT molecular complexity index is 955. The van der Waals surface area contributed by atoms with E-state index in [0.29, 0.717) is 5.56 Å². The van der Waals surface area contributed by atoms with Crippen LogP contribution in [0, 0.1) is 29.8 Å². The lowest BCUT2D eigenvalue weighted by Gasteiger charge is -2.11. The average molecular weight is 407 g/mol. The van der Waals surface area contributed by atoms with E-state index >= 15 is 0 Å². The van der Waals surface area contributed by atoms with Crippen molar-refractivity contribution in [3.63, 3.8) is 0 Å². The van der Waals surface area contributed by atoms with Gasteiger partial charge in [-0.3, -0.25) is 14.9 Å². The van der Waals surface area contributed by atoms with Crippen molar-refractivity contribution in [2.75, 3.05) is 11.9 Å². The van der Waals surface area contributed by atoms with Gasteiger partial charge in [0.1, 0.15) is 11.5 Å². The molecule has 0 spiro atoms. The van der Waals surface area contributed by atoms with Crippen molar-refractivity contribution in [2.24, 2.45) is 0 Å². The summed E-state index contributed by atoms with van der Waals surface area (Å²) in [4.78, 5) is 34.3. The number of nitro groups is 1. The summed E-state index contributed by atoms with van der Waals surface area (Å²) in [5.74, 6) is -2.26. The number of nitro benzene ring substituents is 1. The van der Waals surface area contributed by atoms with Crippen LogP contribution in [0.5, 0.6) is 0 Å². The molecular weight excluding hydrogens is 391 g/mol. The molecule has 146 valence electrons. The van der Waals surface area contributed by atoms with Gasteiger partial charge in [0.2, 0.25) is 0 Å². The van der Waals surface area contributed by atoms with Crippen molar-refractivity contribution < 1.29 is 23.6 Å². The van der Waals surface area contributed by atoms with Gasteiger partial charge >= 0.3 is 5.97 Å². The molecule has 0 aromatic heterocycles. The van der Waals surface area contributed by atoms with Crippen LogP contribution in [0.2, 0.25) is 5.02 Å². The molecule has 0 aliphatic rings. The van der Waals surface area contributed by atoms with Crippen LogP contribution in [0.25, 0.3) is 6.08 Å². The van der Waals surface area contributed by atoms with Crippen LogP contribution in [0.1, 0.15) is 16.7 Å². The Labute approximate surface area is 164 Å². The molecule has 0 saturated carbocycles. The summed E-state index contributed by atoms with van der Waals surface area (Å²) in [6.45, 7) is 2.71. The first-order valence-corrected chi connectivity index (χ1v) is 8.41. The first kappa shape index (κ1) is 21.0. The molecule has 0 radical (unpaired) electrons. The largest absolute Gasteiger partial charge is 0.452 e. The van der Waals surface area contributed by atoms with Gasteiger partial charge in [0.15, 0.2) is 6.61 Å². The van der Waals surface area contributed by atoms with E-state index in [9.17, 15) is 24.1 Å². The third-order valence-electron chi connectivity index (χ3n) is 3.91. The minimum atomic E-state index is -0.898. The number of hydrogen-bond acceptors (Lipinski definition) is 5. The summed E-state index contributed by atoms with van der Waals surface area (Å²) in [7, 11) is 0. The van der Waals surface area contributed by atoms with E-state index < -0.39 is 29.2 Å². The Kier molecular flexibility index (Phi) is 6.84. The van der Waals surface area contributed by atoms with Gasteiger partial charge in [-0.2, -0.15) is 0 Å². The van der Waals surface area contributed by atoms with E-state index in [1.165, 1.54) is 24.3 Å². The number of nitrogens with zero attached hydrogens (tertiary/aromatic N) is 1. The Morgan fingerprint density at radius 1 is 1.29 bits per heavy atom. The van der Waals surface area contributed by atoms with Gasteiger partial charge in [-0.05, 0) is 43.2 Å².